The molecule has 0 aromatic carbocycles. The molecule has 1 saturated carbocycles. The first-order valence-corrected chi connectivity index (χ1v) is 6.69. The standard InChI is InChI=1S/C13H20O2S/c16-11-13(6-2-1-3-7-13)10-14-9-12-5-4-8-15-12/h4-5,8,16H,1-3,6-7,9-11H2. The van der Waals surface area contributed by atoms with Gasteiger partial charge in [0.05, 0.1) is 12.9 Å². The summed E-state index contributed by atoms with van der Waals surface area (Å²) in [6.45, 7) is 1.40. The summed E-state index contributed by atoms with van der Waals surface area (Å²) in [4.78, 5) is 0. The summed E-state index contributed by atoms with van der Waals surface area (Å²) in [5.74, 6) is 1.84. The molecule has 0 bridgehead atoms. The fourth-order valence-corrected chi connectivity index (χ4v) is 2.82. The van der Waals surface area contributed by atoms with Crippen LogP contribution >= 0.6 is 12.6 Å². The van der Waals surface area contributed by atoms with Gasteiger partial charge in [0.15, 0.2) is 0 Å². The van der Waals surface area contributed by atoms with Gasteiger partial charge in [-0.15, -0.1) is 0 Å². The molecule has 0 aliphatic heterocycles. The lowest BCUT2D eigenvalue weighted by atomic mass is 9.76. The largest absolute Gasteiger partial charge is 0.467 e. The topological polar surface area (TPSA) is 22.4 Å². The number of hydrogen-bond donors (Lipinski definition) is 1. The lowest BCUT2D eigenvalue weighted by Crippen LogP contribution is -2.31. The number of ether oxygens (including phenoxy) is 1. The van der Waals surface area contributed by atoms with E-state index < -0.39 is 0 Å². The van der Waals surface area contributed by atoms with Crippen LogP contribution in [0.4, 0.5) is 0 Å². The van der Waals surface area contributed by atoms with Gasteiger partial charge in [-0.3, -0.25) is 0 Å². The Morgan fingerprint density at radius 3 is 2.75 bits per heavy atom. The molecule has 3 heteroatoms. The van der Waals surface area contributed by atoms with E-state index in [4.69, 9.17) is 9.15 Å². The Morgan fingerprint density at radius 1 is 1.31 bits per heavy atom. The van der Waals surface area contributed by atoms with Crippen LogP contribution in [-0.4, -0.2) is 12.4 Å². The van der Waals surface area contributed by atoms with E-state index in [1.807, 2.05) is 12.1 Å². The Bertz CT molecular complexity index is 289. The smallest absolute Gasteiger partial charge is 0.129 e. The maximum absolute atomic E-state index is 5.77. The Hall–Kier alpha value is -0.410. The van der Waals surface area contributed by atoms with Crippen molar-refractivity contribution in [2.75, 3.05) is 12.4 Å². The second kappa shape index (κ2) is 5.78. The zero-order chi connectivity index (χ0) is 11.3. The first-order chi connectivity index (χ1) is 7.85. The van der Waals surface area contributed by atoms with Crippen molar-refractivity contribution in [3.63, 3.8) is 0 Å². The maximum Gasteiger partial charge on any atom is 0.129 e. The van der Waals surface area contributed by atoms with Gasteiger partial charge in [-0.1, -0.05) is 19.3 Å². The summed E-state index contributed by atoms with van der Waals surface area (Å²) in [7, 11) is 0. The van der Waals surface area contributed by atoms with Crippen LogP contribution in [-0.2, 0) is 11.3 Å². The minimum atomic E-state index is 0.313. The minimum absolute atomic E-state index is 0.313. The molecule has 1 aliphatic rings. The van der Waals surface area contributed by atoms with Crippen molar-refractivity contribution in [3.8, 4) is 0 Å². The van der Waals surface area contributed by atoms with Gasteiger partial charge in [0.2, 0.25) is 0 Å². The highest BCUT2D eigenvalue weighted by molar-refractivity contribution is 7.80. The molecule has 1 aliphatic carbocycles. The lowest BCUT2D eigenvalue weighted by molar-refractivity contribution is 0.0183. The van der Waals surface area contributed by atoms with Crippen molar-refractivity contribution in [2.45, 2.75) is 38.7 Å². The van der Waals surface area contributed by atoms with E-state index in [0.717, 1.165) is 18.1 Å². The number of thiol groups is 1. The van der Waals surface area contributed by atoms with E-state index in [0.29, 0.717) is 12.0 Å². The average molecular weight is 240 g/mol. The van der Waals surface area contributed by atoms with Crippen molar-refractivity contribution < 1.29 is 9.15 Å². The van der Waals surface area contributed by atoms with Crippen LogP contribution in [0.15, 0.2) is 22.8 Å². The monoisotopic (exact) mass is 240 g/mol. The third-order valence-corrected chi connectivity index (χ3v) is 4.15. The molecule has 1 aromatic rings. The van der Waals surface area contributed by atoms with Crippen LogP contribution in [0.25, 0.3) is 0 Å². The molecule has 0 spiro atoms. The molecule has 0 unspecified atom stereocenters. The number of rotatable bonds is 5. The fourth-order valence-electron chi connectivity index (χ4n) is 2.41. The van der Waals surface area contributed by atoms with E-state index in [-0.39, 0.29) is 0 Å². The van der Waals surface area contributed by atoms with Crippen LogP contribution < -0.4 is 0 Å². The third-order valence-electron chi connectivity index (χ3n) is 3.48. The quantitative estimate of drug-likeness (QED) is 0.793. The summed E-state index contributed by atoms with van der Waals surface area (Å²) in [5.41, 5.74) is 0.313. The van der Waals surface area contributed by atoms with E-state index in [2.05, 4.69) is 12.6 Å². The van der Waals surface area contributed by atoms with Crippen molar-refractivity contribution in [1.82, 2.24) is 0 Å². The molecule has 1 heterocycles. The molecule has 2 rings (SSSR count). The zero-order valence-electron chi connectivity index (χ0n) is 9.65. The number of furan rings is 1. The van der Waals surface area contributed by atoms with E-state index >= 15 is 0 Å². The lowest BCUT2D eigenvalue weighted by Gasteiger charge is -2.35. The molecule has 16 heavy (non-hydrogen) atoms. The van der Waals surface area contributed by atoms with Crippen molar-refractivity contribution in [2.24, 2.45) is 5.41 Å². The van der Waals surface area contributed by atoms with E-state index in [9.17, 15) is 0 Å². The first-order valence-electron chi connectivity index (χ1n) is 6.06. The molecule has 0 atom stereocenters. The molecule has 0 N–H and O–H groups in total. The van der Waals surface area contributed by atoms with Crippen LogP contribution in [0.5, 0.6) is 0 Å². The molecular weight excluding hydrogens is 220 g/mol. The first kappa shape index (κ1) is 12.1. The van der Waals surface area contributed by atoms with Gasteiger partial charge in [-0.05, 0) is 30.7 Å². The Kier molecular flexibility index (Phi) is 4.36. The van der Waals surface area contributed by atoms with Crippen LogP contribution in [0, 0.1) is 5.41 Å². The van der Waals surface area contributed by atoms with Gasteiger partial charge in [-0.2, -0.15) is 12.6 Å². The fraction of sp³-hybridized carbons (Fsp3) is 0.692. The van der Waals surface area contributed by atoms with Gasteiger partial charge in [0.25, 0.3) is 0 Å². The summed E-state index contributed by atoms with van der Waals surface area (Å²) in [6, 6.07) is 3.85. The molecule has 1 aromatic heterocycles. The minimum Gasteiger partial charge on any atom is -0.467 e. The average Bonchev–Trinajstić information content (AvgIpc) is 2.83. The summed E-state index contributed by atoms with van der Waals surface area (Å²) < 4.78 is 11.0. The normalized spacial score (nSPS) is 19.8. The number of hydrogen-bond acceptors (Lipinski definition) is 3. The second-order valence-corrected chi connectivity index (χ2v) is 5.11. The van der Waals surface area contributed by atoms with Crippen molar-refractivity contribution >= 4 is 12.6 Å². The molecule has 90 valence electrons. The summed E-state index contributed by atoms with van der Waals surface area (Å²) in [6.07, 6.45) is 8.22. The molecule has 0 amide bonds. The zero-order valence-corrected chi connectivity index (χ0v) is 10.5. The summed E-state index contributed by atoms with van der Waals surface area (Å²) >= 11 is 4.49. The van der Waals surface area contributed by atoms with Crippen LogP contribution in [0.3, 0.4) is 0 Å². The molecular formula is C13H20O2S. The van der Waals surface area contributed by atoms with E-state index in [1.54, 1.807) is 6.26 Å². The Labute approximate surface area is 103 Å². The molecule has 1 fully saturated rings. The predicted molar refractivity (Wildman–Crippen MR) is 67.7 cm³/mol. The molecule has 0 radical (unpaired) electrons. The highest BCUT2D eigenvalue weighted by Gasteiger charge is 2.30. The van der Waals surface area contributed by atoms with Crippen molar-refractivity contribution in [1.29, 1.82) is 0 Å². The highest BCUT2D eigenvalue weighted by atomic mass is 32.1. The van der Waals surface area contributed by atoms with Crippen LogP contribution in [0.1, 0.15) is 37.9 Å². The van der Waals surface area contributed by atoms with Gasteiger partial charge < -0.3 is 9.15 Å². The molecule has 0 saturated heterocycles. The van der Waals surface area contributed by atoms with Crippen LogP contribution in [0.2, 0.25) is 0 Å². The molecule has 2 nitrogen and oxygen atoms in total. The maximum atomic E-state index is 5.77. The SMILES string of the molecule is SCC1(COCc2ccco2)CCCCC1. The van der Waals surface area contributed by atoms with E-state index in [1.165, 1.54) is 32.1 Å². The Balaban J connectivity index is 1.78. The van der Waals surface area contributed by atoms with Gasteiger partial charge in [-0.25, -0.2) is 0 Å². The predicted octanol–water partition coefficient (Wildman–Crippen LogP) is 3.68. The van der Waals surface area contributed by atoms with Gasteiger partial charge in [0.1, 0.15) is 12.4 Å². The van der Waals surface area contributed by atoms with Gasteiger partial charge >= 0.3 is 0 Å². The second-order valence-electron chi connectivity index (χ2n) is 4.79. The van der Waals surface area contributed by atoms with Crippen molar-refractivity contribution in [3.05, 3.63) is 24.2 Å². The highest BCUT2D eigenvalue weighted by Crippen LogP contribution is 2.37. The van der Waals surface area contributed by atoms with Gasteiger partial charge in [0, 0.05) is 5.41 Å². The summed E-state index contributed by atoms with van der Waals surface area (Å²) in [5, 5.41) is 0. The third kappa shape index (κ3) is 3.05. The Morgan fingerprint density at radius 2 is 2.12 bits per heavy atom.